The minimum Gasteiger partial charge on any atom is -0.489 e. The van der Waals surface area contributed by atoms with E-state index >= 15 is 0 Å². The number of aryl methyl sites for hydroxylation is 2. The zero-order chi connectivity index (χ0) is 20.1. The SMILES string of the molecule is CCn1c(CCNC(=O)c2ccc(OCc3c(C)noc3C)cc2)n[nH]c1=S. The molecular formula is C19H23N5O3S. The summed E-state index contributed by atoms with van der Waals surface area (Å²) in [6, 6.07) is 7.02. The summed E-state index contributed by atoms with van der Waals surface area (Å²) in [7, 11) is 0. The maximum absolute atomic E-state index is 12.3. The van der Waals surface area contributed by atoms with E-state index < -0.39 is 0 Å². The molecule has 2 aromatic heterocycles. The Morgan fingerprint density at radius 2 is 2.07 bits per heavy atom. The van der Waals surface area contributed by atoms with Crippen LogP contribution in [0.3, 0.4) is 0 Å². The third kappa shape index (κ3) is 4.48. The number of aromatic nitrogens is 4. The molecule has 1 aromatic carbocycles. The van der Waals surface area contributed by atoms with Gasteiger partial charge in [0.05, 0.1) is 11.3 Å². The van der Waals surface area contributed by atoms with Crippen LogP contribution >= 0.6 is 12.2 Å². The van der Waals surface area contributed by atoms with Crippen LogP contribution in [0.2, 0.25) is 0 Å². The molecule has 0 radical (unpaired) electrons. The van der Waals surface area contributed by atoms with E-state index in [1.54, 1.807) is 24.3 Å². The molecular weight excluding hydrogens is 378 g/mol. The van der Waals surface area contributed by atoms with Crippen LogP contribution in [0.5, 0.6) is 5.75 Å². The van der Waals surface area contributed by atoms with Crippen molar-refractivity contribution in [3.8, 4) is 5.75 Å². The Morgan fingerprint density at radius 1 is 1.32 bits per heavy atom. The highest BCUT2D eigenvalue weighted by Crippen LogP contribution is 2.18. The van der Waals surface area contributed by atoms with Gasteiger partial charge in [0, 0.05) is 25.1 Å². The third-order valence-electron chi connectivity index (χ3n) is 4.47. The van der Waals surface area contributed by atoms with E-state index in [1.807, 2.05) is 25.3 Å². The monoisotopic (exact) mass is 401 g/mol. The topological polar surface area (TPSA) is 98.0 Å². The van der Waals surface area contributed by atoms with Crippen molar-refractivity contribution in [3.63, 3.8) is 0 Å². The van der Waals surface area contributed by atoms with Gasteiger partial charge < -0.3 is 19.1 Å². The Morgan fingerprint density at radius 3 is 2.71 bits per heavy atom. The number of hydrogen-bond donors (Lipinski definition) is 2. The summed E-state index contributed by atoms with van der Waals surface area (Å²) >= 11 is 5.16. The van der Waals surface area contributed by atoms with Crippen LogP contribution in [0.4, 0.5) is 0 Å². The molecule has 2 heterocycles. The highest BCUT2D eigenvalue weighted by molar-refractivity contribution is 7.71. The second-order valence-electron chi connectivity index (χ2n) is 6.31. The first-order valence-electron chi connectivity index (χ1n) is 9.06. The van der Waals surface area contributed by atoms with Crippen molar-refractivity contribution >= 4 is 18.1 Å². The Balaban J connectivity index is 1.51. The average Bonchev–Trinajstić information content (AvgIpc) is 3.21. The summed E-state index contributed by atoms with van der Waals surface area (Å²) in [5.74, 6) is 2.11. The molecule has 0 saturated heterocycles. The smallest absolute Gasteiger partial charge is 0.251 e. The predicted molar refractivity (Wildman–Crippen MR) is 106 cm³/mol. The molecule has 0 aliphatic carbocycles. The number of carbonyl (C=O) groups is 1. The molecule has 0 spiro atoms. The zero-order valence-electron chi connectivity index (χ0n) is 16.1. The lowest BCUT2D eigenvalue weighted by Gasteiger charge is -2.08. The van der Waals surface area contributed by atoms with E-state index in [9.17, 15) is 4.79 Å². The number of nitrogens with zero attached hydrogens (tertiary/aromatic N) is 3. The van der Waals surface area contributed by atoms with Crippen LogP contribution in [0.25, 0.3) is 0 Å². The normalized spacial score (nSPS) is 10.8. The lowest BCUT2D eigenvalue weighted by atomic mass is 10.2. The van der Waals surface area contributed by atoms with Gasteiger partial charge in [-0.25, -0.2) is 0 Å². The van der Waals surface area contributed by atoms with E-state index in [2.05, 4.69) is 20.7 Å². The molecule has 1 amide bonds. The number of aromatic amines is 1. The molecule has 0 fully saturated rings. The summed E-state index contributed by atoms with van der Waals surface area (Å²) in [6.45, 7) is 7.33. The van der Waals surface area contributed by atoms with Gasteiger partial charge in [0.25, 0.3) is 5.91 Å². The summed E-state index contributed by atoms with van der Waals surface area (Å²) in [5.41, 5.74) is 2.32. The number of rotatable bonds is 8. The van der Waals surface area contributed by atoms with Crippen LogP contribution in [0, 0.1) is 18.6 Å². The second kappa shape index (κ2) is 8.83. The molecule has 3 rings (SSSR count). The fraction of sp³-hybridized carbons (Fsp3) is 0.368. The second-order valence-corrected chi connectivity index (χ2v) is 6.70. The first-order chi connectivity index (χ1) is 13.5. The van der Waals surface area contributed by atoms with E-state index in [1.165, 1.54) is 0 Å². The summed E-state index contributed by atoms with van der Waals surface area (Å²) in [4.78, 5) is 12.3. The Hall–Kier alpha value is -2.94. The van der Waals surface area contributed by atoms with Gasteiger partial charge in [-0.2, -0.15) is 5.10 Å². The molecule has 9 heteroatoms. The van der Waals surface area contributed by atoms with Crippen LogP contribution < -0.4 is 10.1 Å². The van der Waals surface area contributed by atoms with Gasteiger partial charge in [-0.05, 0) is 57.3 Å². The van der Waals surface area contributed by atoms with Crippen LogP contribution in [-0.2, 0) is 19.6 Å². The van der Waals surface area contributed by atoms with Crippen LogP contribution in [0.1, 0.15) is 40.1 Å². The molecule has 2 N–H and O–H groups in total. The Labute approximate surface area is 167 Å². The van der Waals surface area contributed by atoms with Crippen molar-refractivity contribution < 1.29 is 14.1 Å². The van der Waals surface area contributed by atoms with Gasteiger partial charge in [-0.15, -0.1) is 0 Å². The summed E-state index contributed by atoms with van der Waals surface area (Å²) < 4.78 is 13.4. The van der Waals surface area contributed by atoms with Crippen molar-refractivity contribution in [1.29, 1.82) is 0 Å². The molecule has 28 heavy (non-hydrogen) atoms. The van der Waals surface area contributed by atoms with Crippen molar-refractivity contribution in [2.45, 2.75) is 40.3 Å². The first kappa shape index (κ1) is 19.8. The first-order valence-corrected chi connectivity index (χ1v) is 9.47. The van der Waals surface area contributed by atoms with Gasteiger partial charge >= 0.3 is 0 Å². The molecule has 0 atom stereocenters. The molecule has 0 bridgehead atoms. The standard InChI is InChI=1S/C19H23N5O3S/c1-4-24-17(21-22-19(24)28)9-10-20-18(25)14-5-7-15(8-6-14)26-11-16-12(2)23-27-13(16)3/h5-8H,4,9-11H2,1-3H3,(H,20,25)(H,22,28). The van der Waals surface area contributed by atoms with Crippen molar-refractivity contribution in [2.24, 2.45) is 0 Å². The largest absolute Gasteiger partial charge is 0.489 e. The van der Waals surface area contributed by atoms with Gasteiger partial charge in [0.1, 0.15) is 23.9 Å². The minimum absolute atomic E-state index is 0.144. The number of hydrogen-bond acceptors (Lipinski definition) is 6. The van der Waals surface area contributed by atoms with Crippen molar-refractivity contribution in [1.82, 2.24) is 25.2 Å². The van der Waals surface area contributed by atoms with E-state index in [0.717, 1.165) is 29.4 Å². The molecule has 148 valence electrons. The maximum atomic E-state index is 12.3. The average molecular weight is 401 g/mol. The fourth-order valence-electron chi connectivity index (χ4n) is 2.82. The Bertz CT molecular complexity index is 984. The van der Waals surface area contributed by atoms with Crippen molar-refractivity contribution in [2.75, 3.05) is 6.54 Å². The lowest BCUT2D eigenvalue weighted by Crippen LogP contribution is -2.26. The predicted octanol–water partition coefficient (Wildman–Crippen LogP) is 3.12. The van der Waals surface area contributed by atoms with Crippen LogP contribution in [0.15, 0.2) is 28.8 Å². The third-order valence-corrected chi connectivity index (χ3v) is 4.78. The minimum atomic E-state index is -0.144. The van der Waals surface area contributed by atoms with Gasteiger partial charge in [-0.1, -0.05) is 5.16 Å². The molecule has 3 aromatic rings. The summed E-state index contributed by atoms with van der Waals surface area (Å²) in [6.07, 6.45) is 0.603. The van der Waals surface area contributed by atoms with E-state index in [0.29, 0.717) is 35.7 Å². The van der Waals surface area contributed by atoms with Gasteiger partial charge in [0.2, 0.25) is 0 Å². The maximum Gasteiger partial charge on any atom is 0.251 e. The van der Waals surface area contributed by atoms with E-state index in [-0.39, 0.29) is 5.91 Å². The number of H-pyrrole nitrogens is 1. The summed E-state index contributed by atoms with van der Waals surface area (Å²) in [5, 5.41) is 13.8. The zero-order valence-corrected chi connectivity index (χ0v) is 16.9. The number of nitrogens with one attached hydrogen (secondary N) is 2. The van der Waals surface area contributed by atoms with Crippen LogP contribution in [-0.4, -0.2) is 32.4 Å². The Kier molecular flexibility index (Phi) is 6.25. The molecule has 8 nitrogen and oxygen atoms in total. The number of benzene rings is 1. The molecule has 0 saturated carbocycles. The quantitative estimate of drug-likeness (QED) is 0.563. The number of amides is 1. The highest BCUT2D eigenvalue weighted by atomic mass is 32.1. The van der Waals surface area contributed by atoms with Gasteiger partial charge in [-0.3, -0.25) is 9.89 Å². The highest BCUT2D eigenvalue weighted by Gasteiger charge is 2.11. The fourth-order valence-corrected chi connectivity index (χ4v) is 3.10. The number of ether oxygens (including phenoxy) is 1. The molecule has 0 aliphatic rings. The van der Waals surface area contributed by atoms with E-state index in [4.69, 9.17) is 21.5 Å². The molecule has 0 unspecified atom stereocenters. The van der Waals surface area contributed by atoms with Gasteiger partial charge in [0.15, 0.2) is 4.77 Å². The number of carbonyl (C=O) groups excluding carboxylic acids is 1. The molecule has 0 aliphatic heterocycles. The van der Waals surface area contributed by atoms with Crippen molar-refractivity contribution in [3.05, 3.63) is 57.4 Å². The lowest BCUT2D eigenvalue weighted by molar-refractivity contribution is 0.0954.